The fourth-order valence-electron chi connectivity index (χ4n) is 5.84. The quantitative estimate of drug-likeness (QED) is 0.688. The summed E-state index contributed by atoms with van der Waals surface area (Å²) in [7, 11) is 1.79. The van der Waals surface area contributed by atoms with Crippen molar-refractivity contribution in [3.63, 3.8) is 0 Å². The second kappa shape index (κ2) is 8.16. The Bertz CT molecular complexity index is 1010. The van der Waals surface area contributed by atoms with Crippen molar-refractivity contribution in [1.29, 1.82) is 0 Å². The number of pyridine rings is 1. The number of hydrogen-bond donors (Lipinski definition) is 1. The standard InChI is InChI=1S/C23H30F3N5O2/c1-12(2)31-19(21-16-7-14(8-17(16)21)30-5-4-15(11-30)32-3)9-18(29-31)13-6-20(22(27)28-10-13)33-23(24,25)26/h6,9-10,12,14-17,21H,4-5,7-8,11H2,1-3H3,(H2,27,28)/t14-,15-,16+,17-,21-/m0/s1. The molecule has 1 aliphatic heterocycles. The Morgan fingerprint density at radius 3 is 2.52 bits per heavy atom. The van der Waals surface area contributed by atoms with E-state index < -0.39 is 12.1 Å². The summed E-state index contributed by atoms with van der Waals surface area (Å²) in [6.45, 7) is 6.26. The maximum absolute atomic E-state index is 12.7. The van der Waals surface area contributed by atoms with Crippen molar-refractivity contribution in [3.05, 3.63) is 24.0 Å². The third-order valence-corrected chi connectivity index (χ3v) is 7.44. The van der Waals surface area contributed by atoms with Crippen LogP contribution in [0.2, 0.25) is 0 Å². The van der Waals surface area contributed by atoms with Crippen LogP contribution in [0.3, 0.4) is 0 Å². The third-order valence-electron chi connectivity index (χ3n) is 7.44. The van der Waals surface area contributed by atoms with Gasteiger partial charge in [-0.25, -0.2) is 4.98 Å². The lowest BCUT2D eigenvalue weighted by Crippen LogP contribution is -2.33. The Morgan fingerprint density at radius 2 is 1.91 bits per heavy atom. The summed E-state index contributed by atoms with van der Waals surface area (Å²) in [4.78, 5) is 6.47. The van der Waals surface area contributed by atoms with Crippen LogP contribution >= 0.6 is 0 Å². The van der Waals surface area contributed by atoms with Crippen molar-refractivity contribution in [1.82, 2.24) is 19.7 Å². The molecule has 3 heterocycles. The van der Waals surface area contributed by atoms with Gasteiger partial charge >= 0.3 is 6.36 Å². The number of aromatic nitrogens is 3. The van der Waals surface area contributed by atoms with Crippen molar-refractivity contribution in [2.45, 2.75) is 63.6 Å². The largest absolute Gasteiger partial charge is 0.573 e. The minimum atomic E-state index is -4.84. The Hall–Kier alpha value is -2.33. The molecule has 2 aromatic heterocycles. The second-order valence-electron chi connectivity index (χ2n) is 9.77. The zero-order valence-corrected chi connectivity index (χ0v) is 19.0. The van der Waals surface area contributed by atoms with Crippen LogP contribution in [0.25, 0.3) is 11.3 Å². The van der Waals surface area contributed by atoms with E-state index in [2.05, 4.69) is 28.5 Å². The van der Waals surface area contributed by atoms with Crippen molar-refractivity contribution < 1.29 is 22.6 Å². The van der Waals surface area contributed by atoms with Gasteiger partial charge in [0.2, 0.25) is 0 Å². The summed E-state index contributed by atoms with van der Waals surface area (Å²) < 4.78 is 49.7. The van der Waals surface area contributed by atoms with E-state index in [1.54, 1.807) is 7.11 Å². The third kappa shape index (κ3) is 4.30. The maximum Gasteiger partial charge on any atom is 0.573 e. The second-order valence-corrected chi connectivity index (χ2v) is 9.77. The van der Waals surface area contributed by atoms with Crippen molar-refractivity contribution in [2.24, 2.45) is 11.8 Å². The van der Waals surface area contributed by atoms with Gasteiger partial charge in [0.15, 0.2) is 11.6 Å². The summed E-state index contributed by atoms with van der Waals surface area (Å²) in [5, 5.41) is 4.73. The molecule has 2 aromatic rings. The maximum atomic E-state index is 12.7. The van der Waals surface area contributed by atoms with Gasteiger partial charge in [0, 0.05) is 55.7 Å². The first-order chi connectivity index (χ1) is 15.6. The minimum absolute atomic E-state index is 0.138. The molecule has 0 amide bonds. The van der Waals surface area contributed by atoms with E-state index in [1.165, 1.54) is 25.1 Å². The number of fused-ring (bicyclic) bond motifs is 1. The number of nitrogens with two attached hydrogens (primary N) is 1. The summed E-state index contributed by atoms with van der Waals surface area (Å²) >= 11 is 0. The van der Waals surface area contributed by atoms with Crippen LogP contribution in [0.1, 0.15) is 50.8 Å². The van der Waals surface area contributed by atoms with Gasteiger partial charge < -0.3 is 15.2 Å². The number of hydrogen-bond acceptors (Lipinski definition) is 6. The average molecular weight is 466 g/mol. The van der Waals surface area contributed by atoms with E-state index in [-0.39, 0.29) is 11.9 Å². The molecule has 0 radical (unpaired) electrons. The molecule has 180 valence electrons. The zero-order valence-electron chi connectivity index (χ0n) is 19.0. The number of anilines is 1. The molecule has 5 rings (SSSR count). The summed E-state index contributed by atoms with van der Waals surface area (Å²) in [5.74, 6) is 0.893. The highest BCUT2D eigenvalue weighted by Crippen LogP contribution is 2.64. The molecule has 7 nitrogen and oxygen atoms in total. The summed E-state index contributed by atoms with van der Waals surface area (Å²) in [6, 6.07) is 4.02. The van der Waals surface area contributed by atoms with Crippen molar-refractivity contribution in [2.75, 3.05) is 25.9 Å². The molecule has 2 saturated carbocycles. The number of nitrogen functional groups attached to an aromatic ring is 1. The monoisotopic (exact) mass is 465 g/mol. The van der Waals surface area contributed by atoms with Crippen LogP contribution in [0, 0.1) is 11.8 Å². The van der Waals surface area contributed by atoms with Crippen molar-refractivity contribution in [3.8, 4) is 17.0 Å². The van der Waals surface area contributed by atoms with Crippen LogP contribution < -0.4 is 10.5 Å². The van der Waals surface area contributed by atoms with E-state index in [4.69, 9.17) is 15.6 Å². The molecule has 5 atom stereocenters. The SMILES string of the molecule is CO[C@H]1CCN([C@H]2C[C@@H]3[C@H](C2)[C@H]3c2cc(-c3cnc(N)c(OC(F)(F)F)c3)nn2C(C)C)C1. The number of rotatable bonds is 6. The number of alkyl halides is 3. The Kier molecular flexibility index (Phi) is 5.55. The van der Waals surface area contributed by atoms with Gasteiger partial charge in [0.05, 0.1) is 11.8 Å². The molecular weight excluding hydrogens is 435 g/mol. The molecule has 3 aliphatic rings. The Balaban J connectivity index is 1.34. The van der Waals surface area contributed by atoms with Gasteiger partial charge in [-0.2, -0.15) is 5.10 Å². The van der Waals surface area contributed by atoms with E-state index in [9.17, 15) is 13.2 Å². The van der Waals surface area contributed by atoms with Gasteiger partial charge in [-0.15, -0.1) is 13.2 Å². The van der Waals surface area contributed by atoms with Crippen molar-refractivity contribution >= 4 is 5.82 Å². The Labute approximate surface area is 191 Å². The normalized spacial score (nSPS) is 29.6. The lowest BCUT2D eigenvalue weighted by atomic mass is 10.0. The topological polar surface area (TPSA) is 78.4 Å². The van der Waals surface area contributed by atoms with E-state index in [1.807, 2.05) is 10.7 Å². The van der Waals surface area contributed by atoms with Crippen LogP contribution in [-0.2, 0) is 4.74 Å². The minimum Gasteiger partial charge on any atom is -0.402 e. The predicted molar refractivity (Wildman–Crippen MR) is 117 cm³/mol. The molecule has 0 aromatic carbocycles. The van der Waals surface area contributed by atoms with Gasteiger partial charge in [0.25, 0.3) is 0 Å². The molecule has 10 heteroatoms. The van der Waals surface area contributed by atoms with E-state index in [0.29, 0.717) is 41.2 Å². The fraction of sp³-hybridized carbons (Fsp3) is 0.652. The van der Waals surface area contributed by atoms with Gasteiger partial charge in [-0.05, 0) is 57.1 Å². The van der Waals surface area contributed by atoms with E-state index in [0.717, 1.165) is 25.2 Å². The summed E-state index contributed by atoms with van der Waals surface area (Å²) in [5.41, 5.74) is 7.78. The first-order valence-electron chi connectivity index (χ1n) is 11.5. The van der Waals surface area contributed by atoms with Crippen LogP contribution in [0.15, 0.2) is 18.3 Å². The fourth-order valence-corrected chi connectivity index (χ4v) is 5.84. The van der Waals surface area contributed by atoms with Gasteiger partial charge in [-0.3, -0.25) is 9.58 Å². The predicted octanol–water partition coefficient (Wildman–Crippen LogP) is 4.22. The smallest absolute Gasteiger partial charge is 0.402 e. The average Bonchev–Trinajstić information content (AvgIpc) is 3.23. The van der Waals surface area contributed by atoms with Gasteiger partial charge in [-0.1, -0.05) is 0 Å². The number of nitrogens with zero attached hydrogens (tertiary/aromatic N) is 4. The van der Waals surface area contributed by atoms with Gasteiger partial charge in [0.1, 0.15) is 0 Å². The highest BCUT2D eigenvalue weighted by Gasteiger charge is 2.59. The molecule has 2 aliphatic carbocycles. The molecule has 0 spiro atoms. The molecule has 0 unspecified atom stereocenters. The molecule has 2 N–H and O–H groups in total. The number of ether oxygens (including phenoxy) is 2. The lowest BCUT2D eigenvalue weighted by molar-refractivity contribution is -0.274. The first-order valence-corrected chi connectivity index (χ1v) is 11.5. The molecule has 1 saturated heterocycles. The van der Waals surface area contributed by atoms with E-state index >= 15 is 0 Å². The summed E-state index contributed by atoms with van der Waals surface area (Å²) in [6.07, 6.45) is 0.415. The number of halogens is 3. The number of likely N-dealkylation sites (tertiary alicyclic amines) is 1. The molecular formula is C23H30F3N5O2. The first kappa shape index (κ1) is 22.5. The lowest BCUT2D eigenvalue weighted by Gasteiger charge is -2.26. The van der Waals surface area contributed by atoms with Crippen LogP contribution in [0.4, 0.5) is 19.0 Å². The number of methoxy groups -OCH3 is 1. The Morgan fingerprint density at radius 1 is 1.18 bits per heavy atom. The highest BCUT2D eigenvalue weighted by atomic mass is 19.4. The highest BCUT2D eigenvalue weighted by molar-refractivity contribution is 5.64. The molecule has 33 heavy (non-hydrogen) atoms. The molecule has 0 bridgehead atoms. The molecule has 3 fully saturated rings. The zero-order chi connectivity index (χ0) is 23.5. The van der Waals surface area contributed by atoms with Crippen LogP contribution in [-0.4, -0.2) is 58.4 Å². The van der Waals surface area contributed by atoms with Crippen LogP contribution in [0.5, 0.6) is 5.75 Å².